The Bertz CT molecular complexity index is 3500. The van der Waals surface area contributed by atoms with Crippen LogP contribution in [0.25, 0.3) is 88.0 Å². The lowest BCUT2D eigenvalue weighted by Crippen LogP contribution is -2.17. The summed E-state index contributed by atoms with van der Waals surface area (Å²) in [6.07, 6.45) is 0. The molecule has 10 aromatic carbocycles. The average molecular weight is 780 g/mol. The van der Waals surface area contributed by atoms with Gasteiger partial charge in [0.15, 0.2) is 0 Å². The molecular formula is C59H41NO. The Morgan fingerprint density at radius 3 is 1.84 bits per heavy atom. The van der Waals surface area contributed by atoms with Gasteiger partial charge in [0.05, 0.1) is 5.69 Å². The highest BCUT2D eigenvalue weighted by atomic mass is 16.3. The molecule has 0 saturated heterocycles. The van der Waals surface area contributed by atoms with Crippen molar-refractivity contribution >= 4 is 60.5 Å². The Hall–Kier alpha value is -7.68. The molecule has 0 aliphatic heterocycles. The zero-order valence-electron chi connectivity index (χ0n) is 34.1. The molecule has 1 aromatic heterocycles. The molecule has 0 spiro atoms. The largest absolute Gasteiger partial charge is 0.455 e. The van der Waals surface area contributed by atoms with Crippen molar-refractivity contribution in [3.63, 3.8) is 0 Å². The molecule has 0 amide bonds. The van der Waals surface area contributed by atoms with Gasteiger partial charge in [-0.3, -0.25) is 0 Å². The SMILES string of the molecule is CC1(C)c2ccccc2-c2ccc(N(c3ccc(-c4cccc5c4oc4ccccc45)cc3)c3ccc(-c4ccc5ccc6ccccc6c5c4)cc3-c3ccccc3)cc21. The molecule has 0 unspecified atom stereocenters. The molecule has 0 fully saturated rings. The second-order valence-electron chi connectivity index (χ2n) is 16.9. The third-order valence-electron chi connectivity index (χ3n) is 13.1. The summed E-state index contributed by atoms with van der Waals surface area (Å²) in [5, 5.41) is 7.31. The first-order valence-corrected chi connectivity index (χ1v) is 21.2. The summed E-state index contributed by atoms with van der Waals surface area (Å²) in [6.45, 7) is 4.71. The van der Waals surface area contributed by atoms with Crippen molar-refractivity contribution in [1.82, 2.24) is 0 Å². The quantitative estimate of drug-likeness (QED) is 0.156. The van der Waals surface area contributed by atoms with Crippen LogP contribution in [0.2, 0.25) is 0 Å². The van der Waals surface area contributed by atoms with Crippen molar-refractivity contribution in [3.8, 4) is 44.5 Å². The molecule has 0 saturated carbocycles. The number of hydrogen-bond donors (Lipinski definition) is 0. The van der Waals surface area contributed by atoms with Crippen molar-refractivity contribution in [2.45, 2.75) is 19.3 Å². The van der Waals surface area contributed by atoms with E-state index in [0.717, 1.165) is 61.3 Å². The maximum absolute atomic E-state index is 6.49. The van der Waals surface area contributed by atoms with E-state index in [-0.39, 0.29) is 5.41 Å². The number of anilines is 3. The van der Waals surface area contributed by atoms with Gasteiger partial charge in [0.25, 0.3) is 0 Å². The first kappa shape index (κ1) is 35.3. The van der Waals surface area contributed by atoms with E-state index in [1.54, 1.807) is 0 Å². The monoisotopic (exact) mass is 779 g/mol. The Balaban J connectivity index is 1.05. The van der Waals surface area contributed by atoms with Crippen LogP contribution in [0.5, 0.6) is 0 Å². The van der Waals surface area contributed by atoms with Gasteiger partial charge in [-0.25, -0.2) is 0 Å². The van der Waals surface area contributed by atoms with E-state index in [9.17, 15) is 0 Å². The van der Waals surface area contributed by atoms with Crippen molar-refractivity contribution in [1.29, 1.82) is 0 Å². The van der Waals surface area contributed by atoms with Crippen molar-refractivity contribution in [2.24, 2.45) is 0 Å². The van der Waals surface area contributed by atoms with Crippen LogP contribution in [0.4, 0.5) is 17.1 Å². The predicted octanol–water partition coefficient (Wildman–Crippen LogP) is 16.7. The van der Waals surface area contributed by atoms with Gasteiger partial charge in [-0.05, 0) is 115 Å². The van der Waals surface area contributed by atoms with Crippen LogP contribution in [-0.4, -0.2) is 0 Å². The fraction of sp³-hybridized carbons (Fsp3) is 0.0508. The molecule has 2 nitrogen and oxygen atoms in total. The molecule has 0 N–H and O–H groups in total. The average Bonchev–Trinajstić information content (AvgIpc) is 3.81. The number of benzene rings is 10. The van der Waals surface area contributed by atoms with Gasteiger partial charge in [-0.15, -0.1) is 0 Å². The topological polar surface area (TPSA) is 16.4 Å². The fourth-order valence-corrected chi connectivity index (χ4v) is 9.96. The van der Waals surface area contributed by atoms with Crippen LogP contribution in [-0.2, 0) is 5.41 Å². The summed E-state index contributed by atoms with van der Waals surface area (Å²) < 4.78 is 6.49. The van der Waals surface area contributed by atoms with Gasteiger partial charge < -0.3 is 9.32 Å². The van der Waals surface area contributed by atoms with Crippen LogP contribution in [0, 0.1) is 0 Å². The number of hydrogen-bond acceptors (Lipinski definition) is 2. The molecule has 11 aromatic rings. The Labute approximate surface area is 355 Å². The maximum atomic E-state index is 6.49. The minimum Gasteiger partial charge on any atom is -0.455 e. The van der Waals surface area contributed by atoms with E-state index < -0.39 is 0 Å². The normalized spacial score (nSPS) is 12.9. The lowest BCUT2D eigenvalue weighted by molar-refractivity contribution is 0.660. The molecule has 1 heterocycles. The van der Waals surface area contributed by atoms with Crippen LogP contribution < -0.4 is 4.90 Å². The summed E-state index contributed by atoms with van der Waals surface area (Å²) in [7, 11) is 0. The number of furan rings is 1. The second kappa shape index (κ2) is 13.7. The Kier molecular flexibility index (Phi) is 7.92. The molecule has 288 valence electrons. The first-order valence-electron chi connectivity index (χ1n) is 21.2. The third kappa shape index (κ3) is 5.64. The standard InChI is InChI=1S/C59H41NO/c1-59(2)54-21-10-8-17-48(54)49-33-32-45(37-55(49)59)60(44-30-27-40(28-31-44)47-19-12-20-51-50-18-9-11-22-57(50)61-58(47)51)56-34-29-43(36-53(56)38-13-4-3-5-14-38)42-26-25-41-24-23-39-15-6-7-16-46(39)52(41)35-42/h3-37H,1-2H3. The molecular weight excluding hydrogens is 739 g/mol. The van der Waals surface area contributed by atoms with E-state index in [0.29, 0.717) is 0 Å². The summed E-state index contributed by atoms with van der Waals surface area (Å²) in [6, 6.07) is 77.6. The number of nitrogens with zero attached hydrogens (tertiary/aromatic N) is 1. The summed E-state index contributed by atoms with van der Waals surface area (Å²) >= 11 is 0. The van der Waals surface area contributed by atoms with Crippen molar-refractivity contribution < 1.29 is 4.42 Å². The van der Waals surface area contributed by atoms with E-state index in [1.807, 2.05) is 12.1 Å². The summed E-state index contributed by atoms with van der Waals surface area (Å²) in [5.74, 6) is 0. The zero-order valence-corrected chi connectivity index (χ0v) is 34.1. The minimum absolute atomic E-state index is 0.144. The van der Waals surface area contributed by atoms with E-state index in [4.69, 9.17) is 4.42 Å². The minimum atomic E-state index is -0.144. The van der Waals surface area contributed by atoms with E-state index in [1.165, 1.54) is 54.9 Å². The highest BCUT2D eigenvalue weighted by molar-refractivity contribution is 6.10. The smallest absolute Gasteiger partial charge is 0.143 e. The Morgan fingerprint density at radius 1 is 0.361 bits per heavy atom. The third-order valence-corrected chi connectivity index (χ3v) is 13.1. The molecule has 1 aliphatic carbocycles. The van der Waals surface area contributed by atoms with Crippen LogP contribution in [0.15, 0.2) is 217 Å². The van der Waals surface area contributed by atoms with Gasteiger partial charge in [0, 0.05) is 38.7 Å². The molecule has 61 heavy (non-hydrogen) atoms. The second-order valence-corrected chi connectivity index (χ2v) is 16.9. The molecule has 0 atom stereocenters. The van der Waals surface area contributed by atoms with Gasteiger partial charge in [-0.1, -0.05) is 178 Å². The van der Waals surface area contributed by atoms with E-state index in [2.05, 4.69) is 219 Å². The van der Waals surface area contributed by atoms with Crippen molar-refractivity contribution in [3.05, 3.63) is 223 Å². The van der Waals surface area contributed by atoms with Crippen molar-refractivity contribution in [2.75, 3.05) is 4.90 Å². The van der Waals surface area contributed by atoms with Gasteiger partial charge >= 0.3 is 0 Å². The van der Waals surface area contributed by atoms with E-state index >= 15 is 0 Å². The molecule has 0 radical (unpaired) electrons. The summed E-state index contributed by atoms with van der Waals surface area (Å²) in [4.78, 5) is 2.45. The predicted molar refractivity (Wildman–Crippen MR) is 257 cm³/mol. The zero-order chi connectivity index (χ0) is 40.7. The molecule has 1 aliphatic rings. The molecule has 12 rings (SSSR count). The van der Waals surface area contributed by atoms with Gasteiger partial charge in [0.2, 0.25) is 0 Å². The maximum Gasteiger partial charge on any atom is 0.143 e. The van der Waals surface area contributed by atoms with Gasteiger partial charge in [0.1, 0.15) is 11.2 Å². The highest BCUT2D eigenvalue weighted by Crippen LogP contribution is 2.52. The lowest BCUT2D eigenvalue weighted by Gasteiger charge is -2.30. The first-order chi connectivity index (χ1) is 30.0. The molecule has 2 heteroatoms. The van der Waals surface area contributed by atoms with Crippen LogP contribution in [0.1, 0.15) is 25.0 Å². The lowest BCUT2D eigenvalue weighted by atomic mass is 9.82. The van der Waals surface area contributed by atoms with Gasteiger partial charge in [-0.2, -0.15) is 0 Å². The number of fused-ring (bicyclic) bond motifs is 9. The van der Waals surface area contributed by atoms with Crippen LogP contribution >= 0.6 is 0 Å². The molecule has 0 bridgehead atoms. The fourth-order valence-electron chi connectivity index (χ4n) is 9.96. The Morgan fingerprint density at radius 2 is 0.967 bits per heavy atom. The number of para-hydroxylation sites is 2. The highest BCUT2D eigenvalue weighted by Gasteiger charge is 2.36. The number of rotatable bonds is 6. The summed E-state index contributed by atoms with van der Waals surface area (Å²) in [5.41, 5.74) is 17.2. The van der Waals surface area contributed by atoms with Crippen LogP contribution in [0.3, 0.4) is 0 Å².